The number of rotatable bonds is 7. The molecule has 0 spiro atoms. The van der Waals surface area contributed by atoms with E-state index in [1.807, 2.05) is 37.3 Å². The first-order valence-electron chi connectivity index (χ1n) is 9.43. The van der Waals surface area contributed by atoms with Crippen LogP contribution in [0.25, 0.3) is 0 Å². The van der Waals surface area contributed by atoms with Crippen LogP contribution < -0.4 is 14.8 Å². The van der Waals surface area contributed by atoms with Crippen molar-refractivity contribution in [2.45, 2.75) is 24.8 Å². The van der Waals surface area contributed by atoms with Crippen LogP contribution in [0, 0.1) is 6.92 Å². The molecular formula is C23H24N2O4S. The quantitative estimate of drug-likeness (QED) is 0.592. The number of anilines is 1. The van der Waals surface area contributed by atoms with Crippen molar-refractivity contribution >= 4 is 21.6 Å². The van der Waals surface area contributed by atoms with Gasteiger partial charge < -0.3 is 10.1 Å². The number of carbonyl (C=O) groups excluding carboxylic acids is 1. The summed E-state index contributed by atoms with van der Waals surface area (Å²) in [5.74, 6) is 0.285. The summed E-state index contributed by atoms with van der Waals surface area (Å²) in [4.78, 5) is 12.8. The van der Waals surface area contributed by atoms with Crippen LogP contribution in [0.2, 0.25) is 0 Å². The van der Waals surface area contributed by atoms with E-state index in [4.69, 9.17) is 4.74 Å². The smallest absolute Gasteiger partial charge is 0.261 e. The lowest BCUT2D eigenvalue weighted by molar-refractivity contribution is 0.0940. The average Bonchev–Trinajstić information content (AvgIpc) is 2.75. The van der Waals surface area contributed by atoms with E-state index in [2.05, 4.69) is 10.0 Å². The van der Waals surface area contributed by atoms with Gasteiger partial charge in [0.05, 0.1) is 23.7 Å². The summed E-state index contributed by atoms with van der Waals surface area (Å²) in [7, 11) is -2.29. The molecule has 0 heterocycles. The Balaban J connectivity index is 1.79. The number of nitrogens with one attached hydrogen (secondary N) is 2. The fraction of sp³-hybridized carbons (Fsp3) is 0.174. The molecule has 2 N–H and O–H groups in total. The Hall–Kier alpha value is -3.32. The lowest BCUT2D eigenvalue weighted by atomic mass is 10.1. The van der Waals surface area contributed by atoms with Crippen LogP contribution in [0.5, 0.6) is 5.75 Å². The van der Waals surface area contributed by atoms with Crippen molar-refractivity contribution < 1.29 is 17.9 Å². The van der Waals surface area contributed by atoms with Gasteiger partial charge >= 0.3 is 0 Å². The highest BCUT2D eigenvalue weighted by Crippen LogP contribution is 2.23. The maximum absolute atomic E-state index is 12.7. The molecule has 30 heavy (non-hydrogen) atoms. The van der Waals surface area contributed by atoms with Gasteiger partial charge in [0, 0.05) is 5.56 Å². The minimum absolute atomic E-state index is 0.107. The van der Waals surface area contributed by atoms with Crippen molar-refractivity contribution in [2.24, 2.45) is 0 Å². The highest BCUT2D eigenvalue weighted by molar-refractivity contribution is 7.92. The van der Waals surface area contributed by atoms with E-state index in [1.54, 1.807) is 37.3 Å². The van der Waals surface area contributed by atoms with Crippen molar-refractivity contribution in [3.63, 3.8) is 0 Å². The second-order valence-corrected chi connectivity index (χ2v) is 8.60. The lowest BCUT2D eigenvalue weighted by Crippen LogP contribution is -2.26. The maximum atomic E-state index is 12.7. The van der Waals surface area contributed by atoms with Crippen LogP contribution in [-0.2, 0) is 10.0 Å². The second-order valence-electron chi connectivity index (χ2n) is 6.92. The van der Waals surface area contributed by atoms with Crippen LogP contribution in [-0.4, -0.2) is 21.4 Å². The zero-order chi connectivity index (χ0) is 21.7. The highest BCUT2D eigenvalue weighted by atomic mass is 32.2. The Labute approximate surface area is 177 Å². The summed E-state index contributed by atoms with van der Waals surface area (Å²) in [6.07, 6.45) is 0. The number of amides is 1. The largest absolute Gasteiger partial charge is 0.497 e. The van der Waals surface area contributed by atoms with Crippen molar-refractivity contribution in [2.75, 3.05) is 11.8 Å². The molecule has 0 bridgehead atoms. The highest BCUT2D eigenvalue weighted by Gasteiger charge is 2.18. The first-order valence-corrected chi connectivity index (χ1v) is 10.9. The zero-order valence-electron chi connectivity index (χ0n) is 17.0. The Morgan fingerprint density at radius 1 is 0.967 bits per heavy atom. The number of benzene rings is 3. The Morgan fingerprint density at radius 2 is 1.63 bits per heavy atom. The van der Waals surface area contributed by atoms with Gasteiger partial charge in [0.2, 0.25) is 0 Å². The van der Waals surface area contributed by atoms with E-state index < -0.39 is 10.0 Å². The van der Waals surface area contributed by atoms with E-state index in [-0.39, 0.29) is 16.8 Å². The summed E-state index contributed by atoms with van der Waals surface area (Å²) in [6.45, 7) is 3.68. The number of ether oxygens (including phenoxy) is 1. The Kier molecular flexibility index (Phi) is 6.42. The van der Waals surface area contributed by atoms with Gasteiger partial charge in [-0.2, -0.15) is 0 Å². The third-order valence-electron chi connectivity index (χ3n) is 4.76. The predicted octanol–water partition coefficient (Wildman–Crippen LogP) is 4.30. The van der Waals surface area contributed by atoms with E-state index in [0.717, 1.165) is 5.56 Å². The van der Waals surface area contributed by atoms with Crippen LogP contribution in [0.4, 0.5) is 5.69 Å². The molecule has 3 aromatic rings. The first kappa shape index (κ1) is 21.4. The summed E-state index contributed by atoms with van der Waals surface area (Å²) >= 11 is 0. The summed E-state index contributed by atoms with van der Waals surface area (Å²) in [6, 6.07) is 20.5. The molecule has 0 aliphatic heterocycles. The number of aryl methyl sites for hydroxylation is 1. The van der Waals surface area contributed by atoms with Gasteiger partial charge in [-0.3, -0.25) is 9.52 Å². The van der Waals surface area contributed by atoms with Crippen LogP contribution in [0.1, 0.15) is 34.5 Å². The SMILES string of the molecule is COc1ccc(S(=O)(=O)Nc2cc(C(=O)N[C@H](C)c3ccccc3)ccc2C)cc1. The molecule has 1 atom stereocenters. The summed E-state index contributed by atoms with van der Waals surface area (Å²) in [5, 5.41) is 2.94. The number of hydrogen-bond acceptors (Lipinski definition) is 4. The van der Waals surface area contributed by atoms with E-state index in [9.17, 15) is 13.2 Å². The maximum Gasteiger partial charge on any atom is 0.261 e. The molecule has 0 saturated carbocycles. The molecule has 3 aromatic carbocycles. The molecule has 0 aromatic heterocycles. The minimum atomic E-state index is -3.81. The average molecular weight is 425 g/mol. The fourth-order valence-electron chi connectivity index (χ4n) is 2.94. The standard InChI is InChI=1S/C23H24N2O4S/c1-16-9-10-19(23(26)24-17(2)18-7-5-4-6-8-18)15-22(16)25-30(27,28)21-13-11-20(29-3)12-14-21/h4-15,17,25H,1-3H3,(H,24,26)/t17-/m1/s1. The van der Waals surface area contributed by atoms with Gasteiger partial charge in [0.1, 0.15) is 5.75 Å². The van der Waals surface area contributed by atoms with E-state index in [1.165, 1.54) is 19.2 Å². The minimum Gasteiger partial charge on any atom is -0.497 e. The molecular weight excluding hydrogens is 400 g/mol. The van der Waals surface area contributed by atoms with Crippen molar-refractivity contribution in [1.29, 1.82) is 0 Å². The zero-order valence-corrected chi connectivity index (χ0v) is 17.9. The number of sulfonamides is 1. The normalized spacial score (nSPS) is 12.1. The molecule has 0 fully saturated rings. The topological polar surface area (TPSA) is 84.5 Å². The Morgan fingerprint density at radius 3 is 2.27 bits per heavy atom. The monoisotopic (exact) mass is 424 g/mol. The third-order valence-corrected chi connectivity index (χ3v) is 6.14. The summed E-state index contributed by atoms with van der Waals surface area (Å²) in [5.41, 5.74) is 2.42. The van der Waals surface area contributed by atoms with E-state index in [0.29, 0.717) is 22.6 Å². The fourth-order valence-corrected chi connectivity index (χ4v) is 4.06. The predicted molar refractivity (Wildman–Crippen MR) is 117 cm³/mol. The van der Waals surface area contributed by atoms with Crippen LogP contribution in [0.3, 0.4) is 0 Å². The van der Waals surface area contributed by atoms with Gasteiger partial charge in [0.15, 0.2) is 0 Å². The van der Waals surface area contributed by atoms with Crippen molar-refractivity contribution in [3.05, 3.63) is 89.5 Å². The molecule has 0 aliphatic rings. The van der Waals surface area contributed by atoms with Gasteiger partial charge in [0.25, 0.3) is 15.9 Å². The molecule has 6 nitrogen and oxygen atoms in total. The molecule has 7 heteroatoms. The number of carbonyl (C=O) groups is 1. The lowest BCUT2D eigenvalue weighted by Gasteiger charge is -2.16. The van der Waals surface area contributed by atoms with Gasteiger partial charge in [-0.25, -0.2) is 8.42 Å². The van der Waals surface area contributed by atoms with Crippen LogP contribution >= 0.6 is 0 Å². The Bertz CT molecular complexity index is 1130. The van der Waals surface area contributed by atoms with Gasteiger partial charge in [-0.15, -0.1) is 0 Å². The molecule has 0 aliphatic carbocycles. The molecule has 3 rings (SSSR count). The molecule has 0 unspecified atom stereocenters. The van der Waals surface area contributed by atoms with Crippen LogP contribution in [0.15, 0.2) is 77.7 Å². The number of methoxy groups -OCH3 is 1. The first-order chi connectivity index (χ1) is 14.3. The van der Waals surface area contributed by atoms with Gasteiger partial charge in [-0.1, -0.05) is 36.4 Å². The van der Waals surface area contributed by atoms with Crippen molar-refractivity contribution in [3.8, 4) is 5.75 Å². The summed E-state index contributed by atoms with van der Waals surface area (Å²) < 4.78 is 33.1. The molecule has 0 radical (unpaired) electrons. The number of hydrogen-bond donors (Lipinski definition) is 2. The second kappa shape index (κ2) is 9.00. The molecule has 156 valence electrons. The molecule has 0 saturated heterocycles. The van der Waals surface area contributed by atoms with Gasteiger partial charge in [-0.05, 0) is 61.4 Å². The van der Waals surface area contributed by atoms with E-state index >= 15 is 0 Å². The van der Waals surface area contributed by atoms with Crippen molar-refractivity contribution in [1.82, 2.24) is 5.32 Å². The third kappa shape index (κ3) is 4.99. The molecule has 1 amide bonds.